The predicted octanol–water partition coefficient (Wildman–Crippen LogP) is 4.42. The molecule has 0 aliphatic heterocycles. The molecule has 0 saturated carbocycles. The number of Topliss-reactive ketones (excluding diaryl/α,β-unsaturated/α-hetero) is 1. The number of terminal acetylenes is 1. The Morgan fingerprint density at radius 2 is 1.78 bits per heavy atom. The van der Waals surface area contributed by atoms with E-state index in [1.165, 1.54) is 17.7 Å². The van der Waals surface area contributed by atoms with E-state index in [1.807, 2.05) is 27.7 Å². The van der Waals surface area contributed by atoms with Gasteiger partial charge in [-0.1, -0.05) is 17.7 Å². The van der Waals surface area contributed by atoms with Gasteiger partial charge in [-0.3, -0.25) is 9.59 Å². The number of halogens is 1. The van der Waals surface area contributed by atoms with E-state index in [0.717, 1.165) is 0 Å². The number of carboxylic acid groups (broad SMARTS) is 1. The van der Waals surface area contributed by atoms with Gasteiger partial charge in [0.05, 0.1) is 16.5 Å². The van der Waals surface area contributed by atoms with Crippen LogP contribution < -0.4 is 10.5 Å². The Balaban J connectivity index is 0. The first-order valence-electron chi connectivity index (χ1n) is 9.46. The standard InChI is InChI=1S/C15H15FN2O5.C4H8.C3H6.C2H2/c1-3-18-7(2)10(12(19)14(17)20)11-8(18)5-4-6-9(11)23-13(16)15(21)22;1-4(2)3;1-3-2;1-2/h4-6,13H,3H2,1-2H3,(H2,17,20)(H,21,22);1H2,2-3H3;3H,1H2,2H3;1-2H. The van der Waals surface area contributed by atoms with Crippen LogP contribution in [0.1, 0.15) is 43.7 Å². The number of ketones is 1. The van der Waals surface area contributed by atoms with Crippen LogP contribution >= 0.6 is 0 Å². The maximum atomic E-state index is 13.4. The maximum absolute atomic E-state index is 13.4. The zero-order chi connectivity index (χ0) is 25.6. The molecule has 0 aliphatic rings. The Hall–Kier alpha value is -3.86. The number of aliphatic carboxylic acids is 1. The van der Waals surface area contributed by atoms with Gasteiger partial charge in [0.15, 0.2) is 0 Å². The molecule has 0 radical (unpaired) electrons. The molecule has 32 heavy (non-hydrogen) atoms. The number of rotatable bonds is 6. The van der Waals surface area contributed by atoms with E-state index >= 15 is 0 Å². The number of carbonyl (C=O) groups excluding carboxylic acids is 2. The van der Waals surface area contributed by atoms with E-state index in [9.17, 15) is 18.8 Å². The van der Waals surface area contributed by atoms with Crippen molar-refractivity contribution < 1.29 is 28.6 Å². The molecule has 0 aliphatic carbocycles. The summed E-state index contributed by atoms with van der Waals surface area (Å²) in [6.07, 6.45) is 7.16. The van der Waals surface area contributed by atoms with Crippen LogP contribution in [0.5, 0.6) is 5.75 Å². The highest BCUT2D eigenvalue weighted by Crippen LogP contribution is 2.34. The van der Waals surface area contributed by atoms with E-state index in [0.29, 0.717) is 17.8 Å². The molecule has 8 heteroatoms. The Morgan fingerprint density at radius 1 is 1.31 bits per heavy atom. The number of allylic oxidation sites excluding steroid dienone is 2. The Bertz CT molecular complexity index is 985. The van der Waals surface area contributed by atoms with Gasteiger partial charge in [0.2, 0.25) is 0 Å². The quantitative estimate of drug-likeness (QED) is 0.295. The van der Waals surface area contributed by atoms with Crippen molar-refractivity contribution in [2.75, 3.05) is 0 Å². The van der Waals surface area contributed by atoms with Crippen LogP contribution in [-0.2, 0) is 16.1 Å². The van der Waals surface area contributed by atoms with Crippen LogP contribution in [0.3, 0.4) is 0 Å². The van der Waals surface area contributed by atoms with E-state index in [-0.39, 0.29) is 16.7 Å². The SMILES string of the molecule is C#C.C=C(C)C.C=CC.CCn1c(C)c(C(=O)C(N)=O)c2c(OC(F)C(=O)O)cccc21. The zero-order valence-electron chi connectivity index (χ0n) is 19.1. The molecule has 174 valence electrons. The molecule has 1 aromatic heterocycles. The topological polar surface area (TPSA) is 112 Å². The van der Waals surface area contributed by atoms with Gasteiger partial charge in [-0.25, -0.2) is 4.79 Å². The van der Waals surface area contributed by atoms with E-state index in [2.05, 4.69) is 26.0 Å². The molecular weight excluding hydrogens is 415 g/mol. The van der Waals surface area contributed by atoms with Crippen molar-refractivity contribution in [3.63, 3.8) is 0 Å². The van der Waals surface area contributed by atoms with Crippen LogP contribution in [0.25, 0.3) is 10.9 Å². The normalized spacial score (nSPS) is 10.0. The summed E-state index contributed by atoms with van der Waals surface area (Å²) in [5.41, 5.74) is 7.21. The summed E-state index contributed by atoms with van der Waals surface area (Å²) < 4.78 is 19.9. The first-order chi connectivity index (χ1) is 14.9. The number of nitrogens with two attached hydrogens (primary N) is 1. The summed E-state index contributed by atoms with van der Waals surface area (Å²) in [7, 11) is 0. The molecule has 0 saturated heterocycles. The van der Waals surface area contributed by atoms with Crippen molar-refractivity contribution in [3.8, 4) is 18.6 Å². The maximum Gasteiger partial charge on any atom is 0.378 e. The van der Waals surface area contributed by atoms with Gasteiger partial charge in [0, 0.05) is 12.2 Å². The largest absolute Gasteiger partial charge is 0.476 e. The molecule has 1 heterocycles. The van der Waals surface area contributed by atoms with E-state index in [4.69, 9.17) is 15.6 Å². The Morgan fingerprint density at radius 3 is 2.16 bits per heavy atom. The number of amides is 1. The number of carbonyl (C=O) groups is 3. The molecule has 3 N–H and O–H groups in total. The number of aromatic nitrogens is 1. The first-order valence-corrected chi connectivity index (χ1v) is 9.46. The van der Waals surface area contributed by atoms with Gasteiger partial charge in [-0.05, 0) is 46.8 Å². The third-order valence-electron chi connectivity index (χ3n) is 3.50. The molecular formula is C24H31FN2O5. The molecule has 1 amide bonds. The number of aryl methyl sites for hydroxylation is 1. The van der Waals surface area contributed by atoms with E-state index < -0.39 is 24.0 Å². The summed E-state index contributed by atoms with van der Waals surface area (Å²) in [5, 5.41) is 8.81. The third-order valence-corrected chi connectivity index (χ3v) is 3.50. The number of hydrogen-bond donors (Lipinski definition) is 2. The van der Waals surface area contributed by atoms with E-state index in [1.54, 1.807) is 23.6 Å². The summed E-state index contributed by atoms with van der Waals surface area (Å²) in [5.74, 6) is -4.04. The van der Waals surface area contributed by atoms with Crippen LogP contribution in [-0.4, -0.2) is 33.7 Å². The smallest absolute Gasteiger partial charge is 0.378 e. The second-order valence-corrected chi connectivity index (χ2v) is 6.44. The molecule has 1 unspecified atom stereocenters. The number of ether oxygens (including phenoxy) is 1. The zero-order valence-corrected chi connectivity index (χ0v) is 19.1. The number of fused-ring (bicyclic) bond motifs is 1. The highest BCUT2D eigenvalue weighted by atomic mass is 19.1. The van der Waals surface area contributed by atoms with Gasteiger partial charge in [-0.15, -0.1) is 26.0 Å². The monoisotopic (exact) mass is 446 g/mol. The van der Waals surface area contributed by atoms with Gasteiger partial charge in [0.1, 0.15) is 5.75 Å². The van der Waals surface area contributed by atoms with Gasteiger partial charge >= 0.3 is 12.3 Å². The minimum Gasteiger partial charge on any atom is -0.476 e. The summed E-state index contributed by atoms with van der Waals surface area (Å²) in [6, 6.07) is 4.52. The fourth-order valence-electron chi connectivity index (χ4n) is 2.56. The lowest BCUT2D eigenvalue weighted by Crippen LogP contribution is -2.24. The minimum absolute atomic E-state index is 0.0115. The second kappa shape index (κ2) is 15.0. The number of hydrogen-bond acceptors (Lipinski definition) is 4. The Kier molecular flexibility index (Phi) is 14.2. The Labute approximate surface area is 188 Å². The van der Waals surface area contributed by atoms with Gasteiger partial charge in [-0.2, -0.15) is 4.39 Å². The lowest BCUT2D eigenvalue weighted by Gasteiger charge is -2.10. The van der Waals surface area contributed by atoms with Crippen molar-refractivity contribution >= 4 is 28.6 Å². The fourth-order valence-corrected chi connectivity index (χ4v) is 2.56. The molecule has 2 rings (SSSR count). The van der Waals surface area contributed by atoms with Gasteiger partial charge in [0.25, 0.3) is 11.7 Å². The molecule has 0 fully saturated rings. The highest BCUT2D eigenvalue weighted by Gasteiger charge is 2.27. The number of carboxylic acids is 1. The molecule has 1 atom stereocenters. The number of primary amides is 1. The molecule has 1 aromatic carbocycles. The summed E-state index contributed by atoms with van der Waals surface area (Å²) in [4.78, 5) is 34.1. The van der Waals surface area contributed by atoms with Crippen molar-refractivity contribution in [2.24, 2.45) is 5.73 Å². The average Bonchev–Trinajstić information content (AvgIpc) is 3.00. The van der Waals surface area contributed by atoms with Crippen molar-refractivity contribution in [1.82, 2.24) is 4.57 Å². The average molecular weight is 447 g/mol. The minimum atomic E-state index is -2.59. The van der Waals surface area contributed by atoms with Crippen molar-refractivity contribution in [1.29, 1.82) is 0 Å². The fraction of sp³-hybridized carbons (Fsp3) is 0.292. The lowest BCUT2D eigenvalue weighted by molar-refractivity contribution is -0.153. The summed E-state index contributed by atoms with van der Waals surface area (Å²) in [6.45, 7) is 16.7. The predicted molar refractivity (Wildman–Crippen MR) is 125 cm³/mol. The molecule has 0 bridgehead atoms. The van der Waals surface area contributed by atoms with Crippen LogP contribution in [0.4, 0.5) is 4.39 Å². The third kappa shape index (κ3) is 8.48. The second-order valence-electron chi connectivity index (χ2n) is 6.44. The van der Waals surface area contributed by atoms with Crippen LogP contribution in [0.2, 0.25) is 0 Å². The molecule has 2 aromatic rings. The lowest BCUT2D eigenvalue weighted by atomic mass is 10.1. The highest BCUT2D eigenvalue weighted by molar-refractivity contribution is 6.45. The molecule has 0 spiro atoms. The van der Waals surface area contributed by atoms with Crippen molar-refractivity contribution in [3.05, 3.63) is 54.3 Å². The van der Waals surface area contributed by atoms with Gasteiger partial charge < -0.3 is 20.1 Å². The van der Waals surface area contributed by atoms with Crippen LogP contribution in [0, 0.1) is 19.8 Å². The number of alkyl halides is 1. The first kappa shape index (κ1) is 30.3. The molecule has 7 nitrogen and oxygen atoms in total. The number of benzene rings is 1. The summed E-state index contributed by atoms with van der Waals surface area (Å²) >= 11 is 0. The number of nitrogens with zero attached hydrogens (tertiary/aromatic N) is 1. The van der Waals surface area contributed by atoms with Crippen molar-refractivity contribution in [2.45, 2.75) is 47.5 Å². The van der Waals surface area contributed by atoms with Crippen LogP contribution in [0.15, 0.2) is 43.0 Å².